The highest BCUT2D eigenvalue weighted by molar-refractivity contribution is 5.78. The molecule has 1 atom stereocenters. The summed E-state index contributed by atoms with van der Waals surface area (Å²) < 4.78 is 3.58. The lowest BCUT2D eigenvalue weighted by molar-refractivity contribution is -0.131. The predicted molar refractivity (Wildman–Crippen MR) is 90.9 cm³/mol. The van der Waals surface area contributed by atoms with Crippen molar-refractivity contribution in [1.82, 2.24) is 34.3 Å². The highest BCUT2D eigenvalue weighted by Crippen LogP contribution is 2.20. The fraction of sp³-hybridized carbons (Fsp3) is 0.471. The van der Waals surface area contributed by atoms with Crippen LogP contribution in [-0.2, 0) is 17.8 Å². The number of nitrogens with zero attached hydrogens (tertiary/aromatic N) is 7. The minimum atomic E-state index is 0.0694. The van der Waals surface area contributed by atoms with Crippen LogP contribution in [0, 0.1) is 13.8 Å². The topological polar surface area (TPSA) is 81.2 Å². The van der Waals surface area contributed by atoms with Crippen LogP contribution in [0.15, 0.2) is 24.5 Å². The number of fused-ring (bicyclic) bond motifs is 1. The summed E-state index contributed by atoms with van der Waals surface area (Å²) in [7, 11) is 0. The minimum Gasteiger partial charge on any atom is -0.337 e. The standard InChI is InChI=1S/C17H21N7O/c1-12-9-13(2)24-17(19-12)20-15(21-24)10-16(25)23-8-3-5-14(23)11-22-7-4-6-18-22/h4,6-7,9,14H,3,5,8,10-11H2,1-2H3/t14-/m0/s1. The van der Waals surface area contributed by atoms with Gasteiger partial charge in [-0.15, -0.1) is 5.10 Å². The lowest BCUT2D eigenvalue weighted by atomic mass is 10.2. The molecule has 1 amide bonds. The van der Waals surface area contributed by atoms with Crippen molar-refractivity contribution >= 4 is 11.7 Å². The normalized spacial score (nSPS) is 17.5. The van der Waals surface area contributed by atoms with Gasteiger partial charge in [-0.25, -0.2) is 9.50 Å². The Morgan fingerprint density at radius 2 is 2.20 bits per heavy atom. The van der Waals surface area contributed by atoms with Crippen LogP contribution in [0.25, 0.3) is 5.78 Å². The fourth-order valence-electron chi connectivity index (χ4n) is 3.50. The van der Waals surface area contributed by atoms with Gasteiger partial charge in [0.1, 0.15) is 0 Å². The summed E-state index contributed by atoms with van der Waals surface area (Å²) >= 11 is 0. The zero-order valence-electron chi connectivity index (χ0n) is 14.5. The van der Waals surface area contributed by atoms with Crippen molar-refractivity contribution in [3.63, 3.8) is 0 Å². The van der Waals surface area contributed by atoms with Gasteiger partial charge in [0.2, 0.25) is 5.91 Å². The molecule has 130 valence electrons. The van der Waals surface area contributed by atoms with Crippen LogP contribution in [0.5, 0.6) is 0 Å². The monoisotopic (exact) mass is 339 g/mol. The first-order valence-corrected chi connectivity index (χ1v) is 8.57. The summed E-state index contributed by atoms with van der Waals surface area (Å²) in [5.74, 6) is 1.14. The summed E-state index contributed by atoms with van der Waals surface area (Å²) in [6.45, 7) is 5.41. The zero-order valence-corrected chi connectivity index (χ0v) is 14.5. The smallest absolute Gasteiger partial charge is 0.252 e. The van der Waals surface area contributed by atoms with Crippen molar-refractivity contribution < 1.29 is 4.79 Å². The second kappa shape index (κ2) is 6.27. The fourth-order valence-corrected chi connectivity index (χ4v) is 3.50. The zero-order chi connectivity index (χ0) is 17.4. The molecule has 8 heteroatoms. The van der Waals surface area contributed by atoms with E-state index in [2.05, 4.69) is 20.2 Å². The number of carbonyl (C=O) groups is 1. The molecule has 1 aliphatic rings. The average molecular weight is 339 g/mol. The molecule has 0 unspecified atom stereocenters. The van der Waals surface area contributed by atoms with E-state index in [1.165, 1.54) is 0 Å². The molecule has 0 N–H and O–H groups in total. The number of amides is 1. The summed E-state index contributed by atoms with van der Waals surface area (Å²) in [5, 5.41) is 8.69. The van der Waals surface area contributed by atoms with Gasteiger partial charge in [-0.2, -0.15) is 10.1 Å². The van der Waals surface area contributed by atoms with Crippen LogP contribution >= 0.6 is 0 Å². The maximum atomic E-state index is 12.8. The van der Waals surface area contributed by atoms with E-state index >= 15 is 0 Å². The molecule has 4 rings (SSSR count). The van der Waals surface area contributed by atoms with Crippen LogP contribution in [-0.4, -0.2) is 52.8 Å². The largest absolute Gasteiger partial charge is 0.337 e. The van der Waals surface area contributed by atoms with Gasteiger partial charge in [0.05, 0.1) is 19.0 Å². The van der Waals surface area contributed by atoms with Crippen molar-refractivity contribution in [3.8, 4) is 0 Å². The molecule has 0 aliphatic carbocycles. The van der Waals surface area contributed by atoms with Gasteiger partial charge >= 0.3 is 0 Å². The third-order valence-corrected chi connectivity index (χ3v) is 4.63. The highest BCUT2D eigenvalue weighted by atomic mass is 16.2. The Kier molecular flexibility index (Phi) is 3.95. The van der Waals surface area contributed by atoms with E-state index in [1.807, 2.05) is 41.8 Å². The Morgan fingerprint density at radius 1 is 1.32 bits per heavy atom. The lowest BCUT2D eigenvalue weighted by Gasteiger charge is -2.24. The van der Waals surface area contributed by atoms with Crippen molar-refractivity contribution in [2.45, 2.75) is 45.7 Å². The molecule has 0 spiro atoms. The molecule has 0 radical (unpaired) electrons. The SMILES string of the molecule is Cc1cc(C)n2nc(CC(=O)N3CCC[C@H]3Cn3cccn3)nc2n1. The van der Waals surface area contributed by atoms with Gasteiger partial charge in [-0.1, -0.05) is 0 Å². The molecule has 1 fully saturated rings. The van der Waals surface area contributed by atoms with E-state index in [0.717, 1.165) is 37.3 Å². The van der Waals surface area contributed by atoms with E-state index in [0.29, 0.717) is 11.6 Å². The summed E-state index contributed by atoms with van der Waals surface area (Å²) in [6.07, 6.45) is 5.93. The molecule has 0 aromatic carbocycles. The molecule has 1 saturated heterocycles. The average Bonchev–Trinajstić information content (AvgIpc) is 3.28. The van der Waals surface area contributed by atoms with E-state index in [-0.39, 0.29) is 18.4 Å². The highest BCUT2D eigenvalue weighted by Gasteiger charge is 2.29. The molecule has 1 aliphatic heterocycles. The first-order valence-electron chi connectivity index (χ1n) is 8.57. The van der Waals surface area contributed by atoms with Crippen molar-refractivity contribution in [1.29, 1.82) is 0 Å². The second-order valence-corrected chi connectivity index (χ2v) is 6.57. The molecular formula is C17H21N7O. The number of carbonyl (C=O) groups excluding carboxylic acids is 1. The number of rotatable bonds is 4. The Balaban J connectivity index is 1.50. The molecule has 0 saturated carbocycles. The number of hydrogen-bond donors (Lipinski definition) is 0. The molecule has 3 aromatic rings. The maximum Gasteiger partial charge on any atom is 0.252 e. The second-order valence-electron chi connectivity index (χ2n) is 6.57. The van der Waals surface area contributed by atoms with Crippen LogP contribution < -0.4 is 0 Å². The molecule has 8 nitrogen and oxygen atoms in total. The Hall–Kier alpha value is -2.77. The van der Waals surface area contributed by atoms with Crippen molar-refractivity contribution in [2.75, 3.05) is 6.54 Å². The van der Waals surface area contributed by atoms with Gasteiger partial charge < -0.3 is 4.90 Å². The summed E-state index contributed by atoms with van der Waals surface area (Å²) in [5.41, 5.74) is 1.86. The summed E-state index contributed by atoms with van der Waals surface area (Å²) in [6, 6.07) is 4.04. The van der Waals surface area contributed by atoms with E-state index in [1.54, 1.807) is 10.7 Å². The van der Waals surface area contributed by atoms with Gasteiger partial charge in [0.25, 0.3) is 5.78 Å². The van der Waals surface area contributed by atoms with Gasteiger partial charge in [-0.05, 0) is 38.8 Å². The van der Waals surface area contributed by atoms with E-state index in [4.69, 9.17) is 0 Å². The van der Waals surface area contributed by atoms with Crippen molar-refractivity contribution in [3.05, 3.63) is 41.7 Å². The summed E-state index contributed by atoms with van der Waals surface area (Å²) in [4.78, 5) is 23.5. The predicted octanol–water partition coefficient (Wildman–Crippen LogP) is 1.17. The number of aryl methyl sites for hydroxylation is 2. The Morgan fingerprint density at radius 3 is 3.00 bits per heavy atom. The molecule has 3 aromatic heterocycles. The lowest BCUT2D eigenvalue weighted by Crippen LogP contribution is -2.39. The molecule has 4 heterocycles. The Bertz CT molecular complexity index is 899. The van der Waals surface area contributed by atoms with Crippen LogP contribution in [0.4, 0.5) is 0 Å². The maximum absolute atomic E-state index is 12.8. The molecule has 0 bridgehead atoms. The van der Waals surface area contributed by atoms with Crippen LogP contribution in [0.2, 0.25) is 0 Å². The van der Waals surface area contributed by atoms with Gasteiger partial charge in [0, 0.05) is 30.3 Å². The quantitative estimate of drug-likeness (QED) is 0.713. The van der Waals surface area contributed by atoms with E-state index < -0.39 is 0 Å². The third-order valence-electron chi connectivity index (χ3n) is 4.63. The number of hydrogen-bond acceptors (Lipinski definition) is 5. The first kappa shape index (κ1) is 15.7. The molecular weight excluding hydrogens is 318 g/mol. The number of aromatic nitrogens is 6. The van der Waals surface area contributed by atoms with Gasteiger partial charge in [-0.3, -0.25) is 9.48 Å². The van der Waals surface area contributed by atoms with Crippen molar-refractivity contribution in [2.24, 2.45) is 0 Å². The Labute approximate surface area is 145 Å². The van der Waals surface area contributed by atoms with Crippen LogP contribution in [0.3, 0.4) is 0 Å². The first-order chi connectivity index (χ1) is 12.1. The number of likely N-dealkylation sites (tertiary alicyclic amines) is 1. The minimum absolute atomic E-state index is 0.0694. The van der Waals surface area contributed by atoms with Gasteiger partial charge in [0.15, 0.2) is 5.82 Å². The molecule has 25 heavy (non-hydrogen) atoms. The third kappa shape index (κ3) is 3.11. The van der Waals surface area contributed by atoms with E-state index in [9.17, 15) is 4.79 Å². The van der Waals surface area contributed by atoms with Crippen LogP contribution in [0.1, 0.15) is 30.1 Å².